The molecular weight excluding hydrogens is 578 g/mol. The standard InChI is InChI=1S/C43H83NO3/c1-4-6-8-10-12-14-16-18-19-20-21-22-23-24-25-27-29-31-33-35-37-39-43(46)44-41(40-47-3)42(45)38-36-34-32-30-28-26-17-15-13-11-9-7-5-2/h18-19,36,38,41-42,45H,4-17,20-35,37,39-40H2,1-3H3,(H,44,46)/b19-18-,38-36+/t41?,42-/m1/s1. The second-order valence-electron chi connectivity index (χ2n) is 14.3. The van der Waals surface area contributed by atoms with Crippen molar-refractivity contribution >= 4 is 5.91 Å². The summed E-state index contributed by atoms with van der Waals surface area (Å²) in [6.07, 6.45) is 49.2. The Morgan fingerprint density at radius 2 is 0.872 bits per heavy atom. The van der Waals surface area contributed by atoms with Gasteiger partial charge in [-0.3, -0.25) is 4.79 Å². The van der Waals surface area contributed by atoms with Gasteiger partial charge in [-0.15, -0.1) is 0 Å². The highest BCUT2D eigenvalue weighted by Gasteiger charge is 2.18. The van der Waals surface area contributed by atoms with Crippen molar-refractivity contribution in [2.75, 3.05) is 13.7 Å². The predicted octanol–water partition coefficient (Wildman–Crippen LogP) is 13.1. The van der Waals surface area contributed by atoms with Crippen LogP contribution in [-0.2, 0) is 9.53 Å². The summed E-state index contributed by atoms with van der Waals surface area (Å²) in [7, 11) is 1.62. The van der Waals surface area contributed by atoms with E-state index in [0.29, 0.717) is 13.0 Å². The van der Waals surface area contributed by atoms with Crippen LogP contribution in [0.15, 0.2) is 24.3 Å². The fourth-order valence-electron chi connectivity index (χ4n) is 6.40. The van der Waals surface area contributed by atoms with Gasteiger partial charge in [0.2, 0.25) is 5.91 Å². The van der Waals surface area contributed by atoms with Gasteiger partial charge in [0, 0.05) is 13.5 Å². The van der Waals surface area contributed by atoms with Crippen molar-refractivity contribution in [1.82, 2.24) is 5.32 Å². The first kappa shape index (κ1) is 45.9. The van der Waals surface area contributed by atoms with Gasteiger partial charge in [-0.25, -0.2) is 0 Å². The molecule has 4 heteroatoms. The van der Waals surface area contributed by atoms with Gasteiger partial charge >= 0.3 is 0 Å². The van der Waals surface area contributed by atoms with Crippen molar-refractivity contribution in [3.63, 3.8) is 0 Å². The number of ether oxygens (including phenoxy) is 1. The first-order valence-corrected chi connectivity index (χ1v) is 20.9. The summed E-state index contributed by atoms with van der Waals surface area (Å²) in [4.78, 5) is 12.5. The summed E-state index contributed by atoms with van der Waals surface area (Å²) in [6, 6.07) is -0.382. The molecule has 0 rings (SSSR count). The van der Waals surface area contributed by atoms with Gasteiger partial charge < -0.3 is 15.2 Å². The molecule has 0 aliphatic rings. The third-order valence-corrected chi connectivity index (χ3v) is 9.58. The Balaban J connectivity index is 3.64. The quantitative estimate of drug-likeness (QED) is 0.0511. The fourth-order valence-corrected chi connectivity index (χ4v) is 6.40. The predicted molar refractivity (Wildman–Crippen MR) is 207 cm³/mol. The zero-order valence-corrected chi connectivity index (χ0v) is 32.1. The molecule has 0 aliphatic carbocycles. The number of carbonyl (C=O) groups is 1. The van der Waals surface area contributed by atoms with E-state index in [1.165, 1.54) is 180 Å². The lowest BCUT2D eigenvalue weighted by Crippen LogP contribution is -2.45. The molecule has 2 N–H and O–H groups in total. The van der Waals surface area contributed by atoms with Crippen LogP contribution in [0.1, 0.15) is 219 Å². The van der Waals surface area contributed by atoms with Crippen molar-refractivity contribution in [2.45, 2.75) is 231 Å². The van der Waals surface area contributed by atoms with E-state index in [2.05, 4.69) is 37.4 Å². The summed E-state index contributed by atoms with van der Waals surface area (Å²) in [5, 5.41) is 13.6. The Hall–Kier alpha value is -1.13. The molecule has 0 aliphatic heterocycles. The van der Waals surface area contributed by atoms with Crippen LogP contribution < -0.4 is 5.32 Å². The molecule has 0 fully saturated rings. The third kappa shape index (κ3) is 36.0. The summed E-state index contributed by atoms with van der Waals surface area (Å²) < 4.78 is 5.28. The van der Waals surface area contributed by atoms with Gasteiger partial charge in [0.25, 0.3) is 0 Å². The number of rotatable bonds is 38. The summed E-state index contributed by atoms with van der Waals surface area (Å²) >= 11 is 0. The molecule has 0 aromatic rings. The van der Waals surface area contributed by atoms with E-state index in [1.54, 1.807) is 7.11 Å². The number of nitrogens with one attached hydrogen (secondary N) is 1. The van der Waals surface area contributed by atoms with Crippen LogP contribution in [0.3, 0.4) is 0 Å². The second-order valence-corrected chi connectivity index (χ2v) is 14.3. The second kappa shape index (κ2) is 39.3. The van der Waals surface area contributed by atoms with Crippen molar-refractivity contribution < 1.29 is 14.6 Å². The Morgan fingerprint density at radius 1 is 0.532 bits per heavy atom. The molecule has 0 aromatic carbocycles. The fraction of sp³-hybridized carbons (Fsp3) is 0.884. The molecule has 47 heavy (non-hydrogen) atoms. The number of carbonyl (C=O) groups excluding carboxylic acids is 1. The largest absolute Gasteiger partial charge is 0.387 e. The smallest absolute Gasteiger partial charge is 0.220 e. The number of hydrogen-bond donors (Lipinski definition) is 2. The topological polar surface area (TPSA) is 58.6 Å². The van der Waals surface area contributed by atoms with Gasteiger partial charge in [-0.05, 0) is 44.9 Å². The number of amides is 1. The number of allylic oxidation sites excluding steroid dienone is 3. The number of hydrogen-bond acceptors (Lipinski definition) is 3. The highest BCUT2D eigenvalue weighted by atomic mass is 16.5. The highest BCUT2D eigenvalue weighted by Crippen LogP contribution is 2.15. The molecule has 0 spiro atoms. The molecule has 0 bridgehead atoms. The zero-order valence-electron chi connectivity index (χ0n) is 32.1. The monoisotopic (exact) mass is 662 g/mol. The minimum absolute atomic E-state index is 0.0261. The van der Waals surface area contributed by atoms with Crippen molar-refractivity contribution in [3.05, 3.63) is 24.3 Å². The van der Waals surface area contributed by atoms with E-state index in [-0.39, 0.29) is 11.9 Å². The maximum Gasteiger partial charge on any atom is 0.220 e. The number of unbranched alkanes of at least 4 members (excludes halogenated alkanes) is 28. The summed E-state index contributed by atoms with van der Waals surface area (Å²) in [6.45, 7) is 4.88. The number of aliphatic hydroxyl groups excluding tert-OH is 1. The first-order valence-electron chi connectivity index (χ1n) is 20.9. The van der Waals surface area contributed by atoms with E-state index < -0.39 is 6.10 Å². The lowest BCUT2D eigenvalue weighted by atomic mass is 10.0. The highest BCUT2D eigenvalue weighted by molar-refractivity contribution is 5.76. The van der Waals surface area contributed by atoms with E-state index in [1.807, 2.05) is 6.08 Å². The molecular formula is C43H83NO3. The van der Waals surface area contributed by atoms with Crippen LogP contribution in [0, 0.1) is 0 Å². The van der Waals surface area contributed by atoms with Gasteiger partial charge in [-0.2, -0.15) is 0 Å². The Labute approximate surface area is 294 Å². The minimum Gasteiger partial charge on any atom is -0.387 e. The van der Waals surface area contributed by atoms with E-state index in [9.17, 15) is 9.90 Å². The van der Waals surface area contributed by atoms with Gasteiger partial charge in [0.1, 0.15) is 0 Å². The molecule has 278 valence electrons. The molecule has 0 heterocycles. The minimum atomic E-state index is -0.705. The average Bonchev–Trinajstić information content (AvgIpc) is 3.07. The Kier molecular flexibility index (Phi) is 38.4. The maximum atomic E-state index is 12.5. The summed E-state index contributed by atoms with van der Waals surface area (Å²) in [5.74, 6) is 0.0261. The maximum absolute atomic E-state index is 12.5. The van der Waals surface area contributed by atoms with Gasteiger partial charge in [0.05, 0.1) is 18.8 Å². The van der Waals surface area contributed by atoms with E-state index in [4.69, 9.17) is 4.74 Å². The van der Waals surface area contributed by atoms with Crippen molar-refractivity contribution in [2.24, 2.45) is 0 Å². The molecule has 0 saturated carbocycles. The van der Waals surface area contributed by atoms with Gasteiger partial charge in [0.15, 0.2) is 0 Å². The average molecular weight is 662 g/mol. The lowest BCUT2D eigenvalue weighted by Gasteiger charge is -2.21. The summed E-state index contributed by atoms with van der Waals surface area (Å²) in [5.41, 5.74) is 0. The third-order valence-electron chi connectivity index (χ3n) is 9.58. The van der Waals surface area contributed by atoms with E-state index in [0.717, 1.165) is 19.3 Å². The Morgan fingerprint density at radius 3 is 1.26 bits per heavy atom. The van der Waals surface area contributed by atoms with Crippen molar-refractivity contribution in [1.29, 1.82) is 0 Å². The van der Waals surface area contributed by atoms with Crippen LogP contribution in [0.4, 0.5) is 0 Å². The molecule has 0 radical (unpaired) electrons. The first-order chi connectivity index (χ1) is 23.2. The van der Waals surface area contributed by atoms with Gasteiger partial charge in [-0.1, -0.05) is 192 Å². The molecule has 4 nitrogen and oxygen atoms in total. The van der Waals surface area contributed by atoms with E-state index >= 15 is 0 Å². The lowest BCUT2D eigenvalue weighted by molar-refractivity contribution is -0.123. The van der Waals surface area contributed by atoms with Crippen LogP contribution in [0.5, 0.6) is 0 Å². The number of methoxy groups -OCH3 is 1. The number of aliphatic hydroxyl groups is 1. The molecule has 0 aromatic heterocycles. The Bertz CT molecular complexity index is 676. The van der Waals surface area contributed by atoms with Crippen LogP contribution in [-0.4, -0.2) is 36.9 Å². The molecule has 0 saturated heterocycles. The molecule has 1 amide bonds. The van der Waals surface area contributed by atoms with Crippen LogP contribution >= 0.6 is 0 Å². The zero-order chi connectivity index (χ0) is 34.3. The van der Waals surface area contributed by atoms with Crippen LogP contribution in [0.2, 0.25) is 0 Å². The van der Waals surface area contributed by atoms with Crippen molar-refractivity contribution in [3.8, 4) is 0 Å². The SMILES string of the molecule is CCCCCCCC/C=C\CCCCCCCCCCCCCC(=O)NC(COC)[C@H](O)/C=C/CCCCCCCCCCCCC. The normalized spacial score (nSPS) is 13.2. The molecule has 1 unspecified atom stereocenters. The van der Waals surface area contributed by atoms with Crippen LogP contribution in [0.25, 0.3) is 0 Å². The molecule has 2 atom stereocenters.